The van der Waals surface area contributed by atoms with Gasteiger partial charge in [0.2, 0.25) is 6.41 Å². The molecule has 4 aromatic rings. The number of rotatable bonds is 24. The molecule has 0 saturated carbocycles. The summed E-state index contributed by atoms with van der Waals surface area (Å²) in [6.07, 6.45) is 8.84. The van der Waals surface area contributed by atoms with Crippen LogP contribution in [-0.4, -0.2) is 96.5 Å². The number of thiol groups is 1. The van der Waals surface area contributed by atoms with Gasteiger partial charge in [0.05, 0.1) is 46.7 Å². The molecule has 13 nitrogen and oxygen atoms in total. The van der Waals surface area contributed by atoms with E-state index in [1.54, 1.807) is 24.7 Å². The molecule has 6 N–H and O–H groups in total. The molecule has 5 rings (SSSR count). The monoisotopic (exact) mass is 950 g/mol. The van der Waals surface area contributed by atoms with Crippen molar-refractivity contribution in [1.82, 2.24) is 35.2 Å². The maximum Gasteiger partial charge on any atom is 0.293 e. The number of fused-ring (bicyclic) bond motifs is 1. The number of benzene rings is 1. The van der Waals surface area contributed by atoms with Crippen LogP contribution in [0.1, 0.15) is 104 Å². The molecule has 0 radical (unpaired) electrons. The number of pyridine rings is 1. The second-order valence-electron chi connectivity index (χ2n) is 18.3. The van der Waals surface area contributed by atoms with E-state index in [4.69, 9.17) is 25.2 Å². The SMILES string of the molecule is C=C(N)C(C(C)C)N(C)C(=C)N1CC(C)C1.CCn1c(-c2cccnc2C(C)OC)c(CC(C)(C)COC=O)c2cc(-c3csc(CC(C)CCCC(C)NNC=O)n3)ccc21.CN.CS. The van der Waals surface area contributed by atoms with Gasteiger partial charge >= 0.3 is 0 Å². The lowest BCUT2D eigenvalue weighted by atomic mass is 9.84. The zero-order valence-electron chi connectivity index (χ0n) is 42.3. The van der Waals surface area contributed by atoms with Crippen LogP contribution < -0.4 is 22.3 Å². The summed E-state index contributed by atoms with van der Waals surface area (Å²) < 4.78 is 13.4. The van der Waals surface area contributed by atoms with Gasteiger partial charge in [0.25, 0.3) is 6.47 Å². The van der Waals surface area contributed by atoms with Crippen LogP contribution >= 0.6 is 24.0 Å². The molecule has 0 aliphatic carbocycles. The Bertz CT molecular complexity index is 2100. The van der Waals surface area contributed by atoms with E-state index in [1.165, 1.54) is 18.0 Å². The predicted octanol–water partition coefficient (Wildman–Crippen LogP) is 9.24. The predicted molar refractivity (Wildman–Crippen MR) is 280 cm³/mol. The smallest absolute Gasteiger partial charge is 0.293 e. The van der Waals surface area contributed by atoms with E-state index in [-0.39, 0.29) is 23.6 Å². The van der Waals surface area contributed by atoms with Crippen molar-refractivity contribution in [2.45, 2.75) is 119 Å². The third-order valence-electron chi connectivity index (χ3n) is 11.9. The van der Waals surface area contributed by atoms with Gasteiger partial charge in [0, 0.05) is 91.0 Å². The molecular weight excluding hydrogens is 867 g/mol. The molecule has 1 aromatic carbocycles. The number of likely N-dealkylation sites (N-methyl/N-ethyl adjacent to an activating group) is 1. The molecule has 0 bridgehead atoms. The summed E-state index contributed by atoms with van der Waals surface area (Å²) in [7, 11) is 5.26. The van der Waals surface area contributed by atoms with Gasteiger partial charge in [0.1, 0.15) is 0 Å². The number of thiazole rings is 1. The molecular formula is C51H83N9O4S2. The number of hydrogen-bond acceptors (Lipinski definition) is 13. The summed E-state index contributed by atoms with van der Waals surface area (Å²) in [6.45, 7) is 31.3. The molecule has 4 atom stereocenters. The van der Waals surface area contributed by atoms with E-state index < -0.39 is 0 Å². The fourth-order valence-electron chi connectivity index (χ4n) is 8.62. The van der Waals surface area contributed by atoms with Gasteiger partial charge in [-0.15, -0.1) is 11.3 Å². The topological polar surface area (TPSA) is 166 Å². The summed E-state index contributed by atoms with van der Waals surface area (Å²) in [4.78, 5) is 35.9. The second kappa shape index (κ2) is 28.7. The lowest BCUT2D eigenvalue weighted by Gasteiger charge is -2.46. The van der Waals surface area contributed by atoms with E-state index in [9.17, 15) is 9.59 Å². The van der Waals surface area contributed by atoms with Crippen LogP contribution in [0.15, 0.2) is 66.6 Å². The molecule has 0 spiro atoms. The quantitative estimate of drug-likeness (QED) is 0.0258. The maximum absolute atomic E-state index is 11.1. The number of nitrogens with one attached hydrogen (secondary N) is 2. The number of amides is 1. The van der Waals surface area contributed by atoms with Crippen LogP contribution in [0.3, 0.4) is 0 Å². The van der Waals surface area contributed by atoms with Crippen molar-refractivity contribution in [3.8, 4) is 22.5 Å². The van der Waals surface area contributed by atoms with Gasteiger partial charge in [-0.3, -0.25) is 20.0 Å². The van der Waals surface area contributed by atoms with Gasteiger partial charge in [-0.2, -0.15) is 12.6 Å². The minimum Gasteiger partial charge on any atom is -0.467 e. The highest BCUT2D eigenvalue weighted by Crippen LogP contribution is 2.42. The molecule has 1 saturated heterocycles. The number of likely N-dealkylation sites (tertiary alicyclic amines) is 1. The zero-order chi connectivity index (χ0) is 49.7. The summed E-state index contributed by atoms with van der Waals surface area (Å²) >= 11 is 5.25. The van der Waals surface area contributed by atoms with E-state index in [2.05, 4.69) is 142 Å². The van der Waals surface area contributed by atoms with Crippen molar-refractivity contribution >= 4 is 47.8 Å². The van der Waals surface area contributed by atoms with Gasteiger partial charge in [-0.1, -0.05) is 73.6 Å². The van der Waals surface area contributed by atoms with Crippen LogP contribution in [0.25, 0.3) is 33.4 Å². The average Bonchev–Trinajstić information content (AvgIpc) is 3.88. The molecule has 1 aliphatic heterocycles. The Hall–Kier alpha value is -4.41. The van der Waals surface area contributed by atoms with Crippen LogP contribution in [0.2, 0.25) is 0 Å². The third kappa shape index (κ3) is 16.1. The van der Waals surface area contributed by atoms with Crippen molar-refractivity contribution in [2.75, 3.05) is 47.2 Å². The summed E-state index contributed by atoms with van der Waals surface area (Å²) in [5, 5.41) is 4.48. The van der Waals surface area contributed by atoms with E-state index in [1.807, 2.05) is 26.2 Å². The number of nitrogens with zero attached hydrogens (tertiary/aromatic N) is 5. The first kappa shape index (κ1) is 57.7. The molecule has 1 amide bonds. The number of nitrogens with two attached hydrogens (primary N) is 2. The Morgan fingerprint density at radius 3 is 2.36 bits per heavy atom. The Morgan fingerprint density at radius 2 is 1.79 bits per heavy atom. The molecule has 3 aromatic heterocycles. The molecule has 4 heterocycles. The molecule has 15 heteroatoms. The summed E-state index contributed by atoms with van der Waals surface area (Å²) in [5.41, 5.74) is 23.8. The number of aryl methyl sites for hydroxylation is 1. The number of aromatic nitrogens is 3. The van der Waals surface area contributed by atoms with Crippen LogP contribution in [0.5, 0.6) is 0 Å². The first-order valence-electron chi connectivity index (χ1n) is 23.2. The van der Waals surface area contributed by atoms with E-state index in [0.29, 0.717) is 43.4 Å². The van der Waals surface area contributed by atoms with Crippen molar-refractivity contribution < 1.29 is 19.1 Å². The lowest BCUT2D eigenvalue weighted by molar-refractivity contribution is -0.131. The normalized spacial score (nSPS) is 14.2. The van der Waals surface area contributed by atoms with Crippen LogP contribution in [0, 0.1) is 23.2 Å². The molecule has 1 fully saturated rings. The lowest BCUT2D eigenvalue weighted by Crippen LogP contribution is -2.51. The number of carbonyl (C=O) groups is 2. The Balaban J connectivity index is 0.000000626. The van der Waals surface area contributed by atoms with Crippen LogP contribution in [-0.2, 0) is 38.4 Å². The number of ether oxygens (including phenoxy) is 2. The van der Waals surface area contributed by atoms with Gasteiger partial charge in [0.15, 0.2) is 0 Å². The molecule has 368 valence electrons. The zero-order valence-corrected chi connectivity index (χ0v) is 44.0. The summed E-state index contributed by atoms with van der Waals surface area (Å²) in [6, 6.07) is 11.2. The highest BCUT2D eigenvalue weighted by molar-refractivity contribution is 7.79. The summed E-state index contributed by atoms with van der Waals surface area (Å²) in [5.74, 6) is 2.80. The Kier molecular flexibility index (Phi) is 25.1. The first-order chi connectivity index (χ1) is 31.5. The van der Waals surface area contributed by atoms with E-state index in [0.717, 1.165) is 95.8 Å². The number of hydrazine groups is 1. The van der Waals surface area contributed by atoms with Crippen molar-refractivity contribution in [2.24, 2.45) is 34.6 Å². The fourth-order valence-corrected chi connectivity index (χ4v) is 9.59. The third-order valence-corrected chi connectivity index (χ3v) is 12.7. The first-order valence-corrected chi connectivity index (χ1v) is 24.9. The van der Waals surface area contributed by atoms with Gasteiger partial charge in [-0.25, -0.2) is 10.4 Å². The molecule has 1 aliphatic rings. The average molecular weight is 950 g/mol. The second-order valence-corrected chi connectivity index (χ2v) is 19.3. The Labute approximate surface area is 406 Å². The van der Waals surface area contributed by atoms with Crippen LogP contribution in [0.4, 0.5) is 0 Å². The van der Waals surface area contributed by atoms with Crippen molar-refractivity contribution in [3.63, 3.8) is 0 Å². The highest BCUT2D eigenvalue weighted by Gasteiger charge is 2.30. The molecule has 4 unspecified atom stereocenters. The number of methoxy groups -OCH3 is 1. The molecule has 66 heavy (non-hydrogen) atoms. The highest BCUT2D eigenvalue weighted by atomic mass is 32.1. The largest absolute Gasteiger partial charge is 0.467 e. The number of carbonyl (C=O) groups excluding carboxylic acids is 2. The van der Waals surface area contributed by atoms with Gasteiger partial charge in [-0.05, 0) is 94.5 Å². The van der Waals surface area contributed by atoms with Gasteiger partial charge < -0.3 is 35.3 Å². The maximum atomic E-state index is 11.1. The van der Waals surface area contributed by atoms with Crippen molar-refractivity contribution in [1.29, 1.82) is 0 Å². The van der Waals surface area contributed by atoms with Crippen molar-refractivity contribution in [3.05, 3.63) is 82.8 Å². The number of hydrogen-bond donors (Lipinski definition) is 5. The Morgan fingerprint density at radius 1 is 1.11 bits per heavy atom. The van der Waals surface area contributed by atoms with E-state index >= 15 is 0 Å². The minimum atomic E-state index is -0.295. The fraction of sp³-hybridized carbons (Fsp3) is 0.569. The standard InChI is InChI=1S/C36H49N5O4S.C13H25N3.CH5N.CH4S/c1-8-41-32-15-14-27(31-20-46-33(39-31)17-24(2)11-9-12-25(3)40-38-22-42)18-29(32)30(19-36(5,6)21-45-23-43)35(41)28-13-10-16-37-34(28)26(4)44-7;1-9(2)13(11(4)14)15(6)12(5)16-7-10(3)8-16;2*1-2/h10,13-16,18,20,22-26,40H,8-9,11-12,17,19,21H2,1-7H3,(H,38,42);9-10,13H,4-5,7-8,14H2,1-3,6H3;2H2,1H3;2H,1H3. The minimum absolute atomic E-state index is 0.170.